The van der Waals surface area contributed by atoms with E-state index in [2.05, 4.69) is 10.6 Å². The van der Waals surface area contributed by atoms with Gasteiger partial charge in [0.25, 0.3) is 0 Å². The molecule has 2 rings (SSSR count). The molecule has 110 valence electrons. The molecule has 0 spiro atoms. The lowest BCUT2D eigenvalue weighted by molar-refractivity contribution is 0.251. The first-order valence-electron chi connectivity index (χ1n) is 6.52. The molecule has 2 aromatic rings. The summed E-state index contributed by atoms with van der Waals surface area (Å²) >= 11 is 5.92. The highest BCUT2D eigenvalue weighted by molar-refractivity contribution is 6.31. The summed E-state index contributed by atoms with van der Waals surface area (Å²) in [5.74, 6) is 0.790. The average Bonchev–Trinajstić information content (AvgIpc) is 2.49. The van der Waals surface area contributed by atoms with Gasteiger partial charge in [-0.1, -0.05) is 29.8 Å². The molecule has 0 aromatic heterocycles. The van der Waals surface area contributed by atoms with Crippen molar-refractivity contribution in [1.82, 2.24) is 5.32 Å². The molecular formula is C16H17ClN2O2. The van der Waals surface area contributed by atoms with Gasteiger partial charge in [-0.25, -0.2) is 4.79 Å². The predicted octanol–water partition coefficient (Wildman–Crippen LogP) is 3.98. The standard InChI is InChI=1S/C16H17ClN2O2/c1-11-3-6-13(17)9-15(11)19-16(20)18-10-12-4-7-14(21-2)8-5-12/h3-9H,10H2,1-2H3,(H2,18,19,20). The van der Waals surface area contributed by atoms with Crippen molar-refractivity contribution in [3.05, 3.63) is 58.6 Å². The van der Waals surface area contributed by atoms with Crippen LogP contribution in [0.5, 0.6) is 5.75 Å². The molecule has 0 fully saturated rings. The summed E-state index contributed by atoms with van der Waals surface area (Å²) in [6.45, 7) is 2.35. The maximum Gasteiger partial charge on any atom is 0.319 e. The van der Waals surface area contributed by atoms with E-state index < -0.39 is 0 Å². The van der Waals surface area contributed by atoms with Crippen LogP contribution in [-0.2, 0) is 6.54 Å². The third-order valence-corrected chi connectivity index (χ3v) is 3.30. The lowest BCUT2D eigenvalue weighted by Gasteiger charge is -2.10. The van der Waals surface area contributed by atoms with Crippen molar-refractivity contribution in [3.8, 4) is 5.75 Å². The fraction of sp³-hybridized carbons (Fsp3) is 0.188. The molecule has 0 atom stereocenters. The van der Waals surface area contributed by atoms with Gasteiger partial charge in [-0.2, -0.15) is 0 Å². The molecule has 5 heteroatoms. The largest absolute Gasteiger partial charge is 0.497 e. The van der Waals surface area contributed by atoms with Crippen LogP contribution in [-0.4, -0.2) is 13.1 Å². The molecule has 2 amide bonds. The number of amides is 2. The monoisotopic (exact) mass is 304 g/mol. The Bertz CT molecular complexity index is 627. The van der Waals surface area contributed by atoms with E-state index in [0.29, 0.717) is 17.3 Å². The number of carbonyl (C=O) groups is 1. The van der Waals surface area contributed by atoms with Crippen molar-refractivity contribution >= 4 is 23.3 Å². The van der Waals surface area contributed by atoms with Gasteiger partial charge < -0.3 is 15.4 Å². The summed E-state index contributed by atoms with van der Waals surface area (Å²) in [6, 6.07) is 12.6. The van der Waals surface area contributed by atoms with E-state index in [1.54, 1.807) is 19.2 Å². The van der Waals surface area contributed by atoms with Gasteiger partial charge in [-0.05, 0) is 42.3 Å². The maximum absolute atomic E-state index is 11.9. The molecule has 2 aromatic carbocycles. The zero-order chi connectivity index (χ0) is 15.2. The van der Waals surface area contributed by atoms with Gasteiger partial charge in [0, 0.05) is 17.3 Å². The van der Waals surface area contributed by atoms with Crippen molar-refractivity contribution in [1.29, 1.82) is 0 Å². The van der Waals surface area contributed by atoms with E-state index in [0.717, 1.165) is 16.9 Å². The summed E-state index contributed by atoms with van der Waals surface area (Å²) < 4.78 is 5.09. The predicted molar refractivity (Wildman–Crippen MR) is 85.0 cm³/mol. The molecule has 21 heavy (non-hydrogen) atoms. The first-order valence-corrected chi connectivity index (χ1v) is 6.90. The number of methoxy groups -OCH3 is 1. The van der Waals surface area contributed by atoms with Gasteiger partial charge in [-0.15, -0.1) is 0 Å². The van der Waals surface area contributed by atoms with Crippen LogP contribution >= 0.6 is 11.6 Å². The quantitative estimate of drug-likeness (QED) is 0.897. The Morgan fingerprint density at radius 2 is 1.90 bits per heavy atom. The number of hydrogen-bond acceptors (Lipinski definition) is 2. The Labute approximate surface area is 129 Å². The summed E-state index contributed by atoms with van der Waals surface area (Å²) in [6.07, 6.45) is 0. The third-order valence-electron chi connectivity index (χ3n) is 3.06. The smallest absolute Gasteiger partial charge is 0.319 e. The number of anilines is 1. The lowest BCUT2D eigenvalue weighted by atomic mass is 10.2. The minimum atomic E-state index is -0.267. The fourth-order valence-corrected chi connectivity index (χ4v) is 1.99. The number of halogens is 1. The van der Waals surface area contributed by atoms with E-state index in [4.69, 9.17) is 16.3 Å². The number of aryl methyl sites for hydroxylation is 1. The molecule has 0 aliphatic rings. The molecule has 0 aliphatic heterocycles. The lowest BCUT2D eigenvalue weighted by Crippen LogP contribution is -2.28. The van der Waals surface area contributed by atoms with Crippen LogP contribution in [0.4, 0.5) is 10.5 Å². The molecular weight excluding hydrogens is 288 g/mol. The molecule has 4 nitrogen and oxygen atoms in total. The second kappa shape index (κ2) is 6.99. The van der Waals surface area contributed by atoms with Crippen LogP contribution in [0.15, 0.2) is 42.5 Å². The average molecular weight is 305 g/mol. The minimum Gasteiger partial charge on any atom is -0.497 e. The summed E-state index contributed by atoms with van der Waals surface area (Å²) in [5.41, 5.74) is 2.66. The van der Waals surface area contributed by atoms with Crippen LogP contribution in [0.3, 0.4) is 0 Å². The molecule has 0 radical (unpaired) electrons. The van der Waals surface area contributed by atoms with Crippen molar-refractivity contribution in [2.45, 2.75) is 13.5 Å². The van der Waals surface area contributed by atoms with Crippen LogP contribution in [0.1, 0.15) is 11.1 Å². The fourth-order valence-electron chi connectivity index (χ4n) is 1.82. The zero-order valence-corrected chi connectivity index (χ0v) is 12.7. The van der Waals surface area contributed by atoms with Crippen LogP contribution in [0, 0.1) is 6.92 Å². The van der Waals surface area contributed by atoms with Gasteiger partial charge in [0.2, 0.25) is 0 Å². The Hall–Kier alpha value is -2.20. The number of ether oxygens (including phenoxy) is 1. The molecule has 0 heterocycles. The van der Waals surface area contributed by atoms with Crippen molar-refractivity contribution in [2.75, 3.05) is 12.4 Å². The van der Waals surface area contributed by atoms with E-state index in [1.165, 1.54) is 0 Å². The Balaban J connectivity index is 1.91. The van der Waals surface area contributed by atoms with E-state index in [9.17, 15) is 4.79 Å². The summed E-state index contributed by atoms with van der Waals surface area (Å²) in [7, 11) is 1.62. The normalized spacial score (nSPS) is 10.0. The van der Waals surface area contributed by atoms with Gasteiger partial charge in [0.05, 0.1) is 7.11 Å². The zero-order valence-electron chi connectivity index (χ0n) is 11.9. The highest BCUT2D eigenvalue weighted by atomic mass is 35.5. The first-order chi connectivity index (χ1) is 10.1. The SMILES string of the molecule is COc1ccc(CNC(=O)Nc2cc(Cl)ccc2C)cc1. The van der Waals surface area contributed by atoms with Crippen molar-refractivity contribution in [2.24, 2.45) is 0 Å². The molecule has 0 bridgehead atoms. The summed E-state index contributed by atoms with van der Waals surface area (Å²) in [4.78, 5) is 11.9. The molecule has 0 unspecified atom stereocenters. The van der Waals surface area contributed by atoms with Crippen molar-refractivity contribution in [3.63, 3.8) is 0 Å². The van der Waals surface area contributed by atoms with Gasteiger partial charge in [0.15, 0.2) is 0 Å². The number of rotatable bonds is 4. The number of nitrogens with one attached hydrogen (secondary N) is 2. The van der Waals surface area contributed by atoms with Crippen molar-refractivity contribution < 1.29 is 9.53 Å². The highest BCUT2D eigenvalue weighted by Crippen LogP contribution is 2.20. The van der Waals surface area contributed by atoms with Crippen LogP contribution < -0.4 is 15.4 Å². The van der Waals surface area contributed by atoms with E-state index in [-0.39, 0.29) is 6.03 Å². The maximum atomic E-state index is 11.9. The van der Waals surface area contributed by atoms with Gasteiger partial charge in [-0.3, -0.25) is 0 Å². The minimum absolute atomic E-state index is 0.267. The van der Waals surface area contributed by atoms with Gasteiger partial charge >= 0.3 is 6.03 Å². The summed E-state index contributed by atoms with van der Waals surface area (Å²) in [5, 5.41) is 6.17. The number of carbonyl (C=O) groups excluding carboxylic acids is 1. The molecule has 0 saturated carbocycles. The Morgan fingerprint density at radius 3 is 2.57 bits per heavy atom. The Kier molecular flexibility index (Phi) is 5.06. The molecule has 0 saturated heterocycles. The van der Waals surface area contributed by atoms with E-state index >= 15 is 0 Å². The second-order valence-electron chi connectivity index (χ2n) is 4.61. The van der Waals surface area contributed by atoms with Crippen LogP contribution in [0.25, 0.3) is 0 Å². The second-order valence-corrected chi connectivity index (χ2v) is 5.05. The van der Waals surface area contributed by atoms with Crippen LogP contribution in [0.2, 0.25) is 5.02 Å². The third kappa shape index (κ3) is 4.39. The highest BCUT2D eigenvalue weighted by Gasteiger charge is 2.05. The number of benzene rings is 2. The van der Waals surface area contributed by atoms with E-state index in [1.807, 2.05) is 37.3 Å². The first kappa shape index (κ1) is 15.2. The number of urea groups is 1. The molecule has 2 N–H and O–H groups in total. The molecule has 0 aliphatic carbocycles. The number of hydrogen-bond donors (Lipinski definition) is 2. The Morgan fingerprint density at radius 1 is 1.19 bits per heavy atom. The topological polar surface area (TPSA) is 50.4 Å². The van der Waals surface area contributed by atoms with Gasteiger partial charge in [0.1, 0.15) is 5.75 Å².